The maximum atomic E-state index is 13.1. The molecule has 0 radical (unpaired) electrons. The lowest BCUT2D eigenvalue weighted by atomic mass is 10.1. The lowest BCUT2D eigenvalue weighted by Crippen LogP contribution is -2.33. The first kappa shape index (κ1) is 22.1. The number of carbonyl (C=O) groups excluding carboxylic acids is 1. The quantitative estimate of drug-likeness (QED) is 0.412. The predicted molar refractivity (Wildman–Crippen MR) is 124 cm³/mol. The Morgan fingerprint density at radius 2 is 1.77 bits per heavy atom. The summed E-state index contributed by atoms with van der Waals surface area (Å²) in [6, 6.07) is 17.5. The van der Waals surface area contributed by atoms with E-state index in [2.05, 4.69) is 31.3 Å². The zero-order valence-electron chi connectivity index (χ0n) is 17.8. The molecule has 6 heteroatoms. The van der Waals surface area contributed by atoms with E-state index in [0.717, 1.165) is 12.8 Å². The van der Waals surface area contributed by atoms with Crippen molar-refractivity contribution < 1.29 is 4.79 Å². The molecule has 3 rings (SSSR count). The molecule has 5 nitrogen and oxygen atoms in total. The molecule has 1 N–H and O–H groups in total. The third-order valence-electron chi connectivity index (χ3n) is 4.96. The Labute approximate surface area is 181 Å². The number of amides is 1. The Balaban J connectivity index is 1.73. The fourth-order valence-electron chi connectivity index (χ4n) is 3.15. The van der Waals surface area contributed by atoms with E-state index in [4.69, 9.17) is 4.98 Å². The van der Waals surface area contributed by atoms with Crippen LogP contribution in [0.4, 0.5) is 0 Å². The van der Waals surface area contributed by atoms with E-state index in [1.165, 1.54) is 17.3 Å². The van der Waals surface area contributed by atoms with Crippen molar-refractivity contribution in [3.05, 3.63) is 70.5 Å². The molecule has 1 aromatic heterocycles. The summed E-state index contributed by atoms with van der Waals surface area (Å²) >= 11 is 1.35. The molecule has 158 valence electrons. The third kappa shape index (κ3) is 5.72. The monoisotopic (exact) mass is 423 g/mol. The summed E-state index contributed by atoms with van der Waals surface area (Å²) in [5, 5.41) is 3.87. The second-order valence-corrected chi connectivity index (χ2v) is 9.15. The highest BCUT2D eigenvalue weighted by Gasteiger charge is 2.19. The molecule has 1 atom stereocenters. The van der Waals surface area contributed by atoms with Crippen molar-refractivity contribution in [2.24, 2.45) is 5.92 Å². The molecule has 30 heavy (non-hydrogen) atoms. The van der Waals surface area contributed by atoms with Gasteiger partial charge in [0.2, 0.25) is 5.91 Å². The van der Waals surface area contributed by atoms with Crippen LogP contribution in [-0.2, 0) is 17.8 Å². The van der Waals surface area contributed by atoms with Crippen LogP contribution >= 0.6 is 11.8 Å². The number of carbonyl (C=O) groups is 1. The van der Waals surface area contributed by atoms with E-state index >= 15 is 0 Å². The van der Waals surface area contributed by atoms with Gasteiger partial charge in [0, 0.05) is 13.1 Å². The molecule has 3 aromatic rings. The van der Waals surface area contributed by atoms with E-state index in [1.54, 1.807) is 4.57 Å². The fraction of sp³-hybridized carbons (Fsp3) is 0.375. The van der Waals surface area contributed by atoms with Gasteiger partial charge in [0.1, 0.15) is 0 Å². The number of hydrogen-bond acceptors (Lipinski definition) is 4. The molecule has 0 fully saturated rings. The lowest BCUT2D eigenvalue weighted by Gasteiger charge is -2.17. The summed E-state index contributed by atoms with van der Waals surface area (Å²) in [5.41, 5.74) is 1.82. The van der Waals surface area contributed by atoms with Gasteiger partial charge in [0.15, 0.2) is 5.16 Å². The largest absolute Gasteiger partial charge is 0.355 e. The normalized spacial score (nSPS) is 12.3. The number of thioether (sulfide) groups is 1. The third-order valence-corrected chi connectivity index (χ3v) is 6.05. The first-order valence-corrected chi connectivity index (χ1v) is 11.3. The van der Waals surface area contributed by atoms with Crippen molar-refractivity contribution in [1.29, 1.82) is 0 Å². The number of benzene rings is 2. The highest BCUT2D eigenvalue weighted by molar-refractivity contribution is 8.00. The van der Waals surface area contributed by atoms with E-state index in [-0.39, 0.29) is 16.7 Å². The molecule has 0 saturated carbocycles. The van der Waals surface area contributed by atoms with E-state index in [1.807, 2.05) is 49.4 Å². The predicted octanol–water partition coefficient (Wildman–Crippen LogP) is 4.28. The van der Waals surface area contributed by atoms with Crippen LogP contribution in [-0.4, -0.2) is 27.3 Å². The second-order valence-electron chi connectivity index (χ2n) is 7.84. The lowest BCUT2D eigenvalue weighted by molar-refractivity contribution is -0.120. The number of nitrogens with one attached hydrogen (secondary N) is 1. The Kier molecular flexibility index (Phi) is 7.69. The molecule has 1 heterocycles. The number of aromatic nitrogens is 2. The zero-order chi connectivity index (χ0) is 21.5. The average Bonchev–Trinajstić information content (AvgIpc) is 2.74. The molecular weight excluding hydrogens is 394 g/mol. The first-order chi connectivity index (χ1) is 14.5. The Morgan fingerprint density at radius 3 is 2.50 bits per heavy atom. The van der Waals surface area contributed by atoms with Crippen molar-refractivity contribution in [3.8, 4) is 0 Å². The molecule has 0 aliphatic rings. The van der Waals surface area contributed by atoms with Crippen molar-refractivity contribution in [3.63, 3.8) is 0 Å². The highest BCUT2D eigenvalue weighted by atomic mass is 32.2. The van der Waals surface area contributed by atoms with Gasteiger partial charge in [-0.1, -0.05) is 68.1 Å². The summed E-state index contributed by atoms with van der Waals surface area (Å²) < 4.78 is 1.72. The van der Waals surface area contributed by atoms with E-state index in [0.29, 0.717) is 35.1 Å². The van der Waals surface area contributed by atoms with Crippen LogP contribution in [0.5, 0.6) is 0 Å². The van der Waals surface area contributed by atoms with Crippen molar-refractivity contribution in [2.75, 3.05) is 6.54 Å². The number of fused-ring (bicyclic) bond motifs is 1. The maximum Gasteiger partial charge on any atom is 0.262 e. The maximum absolute atomic E-state index is 13.1. The van der Waals surface area contributed by atoms with Crippen LogP contribution in [0, 0.1) is 5.92 Å². The SMILES string of the molecule is CC(C)CCn1c(SC(C)C(=O)NCCc2ccccc2)nc2ccccc2c1=O. The Bertz CT molecular complexity index is 1050. The molecule has 1 unspecified atom stereocenters. The van der Waals surface area contributed by atoms with Crippen molar-refractivity contribution >= 4 is 28.6 Å². The van der Waals surface area contributed by atoms with Crippen LogP contribution < -0.4 is 10.9 Å². The minimum Gasteiger partial charge on any atom is -0.355 e. The molecule has 0 spiro atoms. The molecule has 2 aromatic carbocycles. The highest BCUT2D eigenvalue weighted by Crippen LogP contribution is 2.23. The summed E-state index contributed by atoms with van der Waals surface area (Å²) in [5.74, 6) is 0.425. The smallest absolute Gasteiger partial charge is 0.262 e. The number of para-hydroxylation sites is 1. The zero-order valence-corrected chi connectivity index (χ0v) is 18.6. The van der Waals surface area contributed by atoms with Crippen molar-refractivity contribution in [2.45, 2.75) is 50.6 Å². The Morgan fingerprint density at radius 1 is 1.07 bits per heavy atom. The molecule has 0 bridgehead atoms. The van der Waals surface area contributed by atoms with Gasteiger partial charge < -0.3 is 5.32 Å². The van der Waals surface area contributed by atoms with Gasteiger partial charge in [-0.05, 0) is 43.4 Å². The van der Waals surface area contributed by atoms with Gasteiger partial charge in [-0.2, -0.15) is 0 Å². The summed E-state index contributed by atoms with van der Waals surface area (Å²) in [7, 11) is 0. The second kappa shape index (κ2) is 10.4. The van der Waals surface area contributed by atoms with Crippen molar-refractivity contribution in [1.82, 2.24) is 14.9 Å². The topological polar surface area (TPSA) is 64.0 Å². The Hall–Kier alpha value is -2.60. The molecule has 0 aliphatic carbocycles. The first-order valence-electron chi connectivity index (χ1n) is 10.4. The standard InChI is InChI=1S/C24H29N3O2S/c1-17(2)14-16-27-23(29)20-11-7-8-12-21(20)26-24(27)30-18(3)22(28)25-15-13-19-9-5-4-6-10-19/h4-12,17-18H,13-16H2,1-3H3,(H,25,28). The summed E-state index contributed by atoms with van der Waals surface area (Å²) in [6.07, 6.45) is 1.67. The summed E-state index contributed by atoms with van der Waals surface area (Å²) in [4.78, 5) is 30.4. The van der Waals surface area contributed by atoms with Crippen LogP contribution in [0.3, 0.4) is 0 Å². The van der Waals surface area contributed by atoms with Crippen LogP contribution in [0.2, 0.25) is 0 Å². The molecule has 1 amide bonds. The van der Waals surface area contributed by atoms with Gasteiger partial charge in [-0.25, -0.2) is 4.98 Å². The van der Waals surface area contributed by atoms with Crippen LogP contribution in [0.15, 0.2) is 64.5 Å². The fourth-order valence-corrected chi connectivity index (χ4v) is 4.11. The van der Waals surface area contributed by atoms with Gasteiger partial charge in [-0.3, -0.25) is 14.2 Å². The average molecular weight is 424 g/mol. The minimum absolute atomic E-state index is 0.0413. The molecular formula is C24H29N3O2S. The minimum atomic E-state index is -0.348. The van der Waals surface area contributed by atoms with Gasteiger partial charge in [-0.15, -0.1) is 0 Å². The van der Waals surface area contributed by atoms with E-state index in [9.17, 15) is 9.59 Å². The van der Waals surface area contributed by atoms with Crippen LogP contribution in [0.25, 0.3) is 10.9 Å². The molecule has 0 saturated heterocycles. The summed E-state index contributed by atoms with van der Waals surface area (Å²) in [6.45, 7) is 7.30. The number of rotatable bonds is 9. The van der Waals surface area contributed by atoms with Crippen LogP contribution in [0.1, 0.15) is 32.8 Å². The van der Waals surface area contributed by atoms with E-state index < -0.39 is 0 Å². The van der Waals surface area contributed by atoms with Gasteiger partial charge >= 0.3 is 0 Å². The van der Waals surface area contributed by atoms with Gasteiger partial charge in [0.25, 0.3) is 5.56 Å². The molecule has 0 aliphatic heterocycles. The van der Waals surface area contributed by atoms with Gasteiger partial charge in [0.05, 0.1) is 16.2 Å². The number of nitrogens with zero attached hydrogens (tertiary/aromatic N) is 2. The number of hydrogen-bond donors (Lipinski definition) is 1.